The SMILES string of the molecule is C[C@@H](CCc1ccccc1)NC(=O)COC(=O)c1ccc(N)c([N+](=O)[O-])c1. The standard InChI is InChI=1S/C19H21N3O5/c1-13(7-8-14-5-3-2-4-6-14)21-18(23)12-27-19(24)15-9-10-16(20)17(11-15)22(25)26/h2-6,9-11,13H,7-8,12,20H2,1H3,(H,21,23)/t13-/m0/s1. The van der Waals surface area contributed by atoms with E-state index in [1.54, 1.807) is 0 Å². The minimum absolute atomic E-state index is 0.0409. The number of anilines is 1. The number of nitrogens with zero attached hydrogens (tertiary/aromatic N) is 1. The van der Waals surface area contributed by atoms with E-state index in [9.17, 15) is 19.7 Å². The second-order valence-electron chi connectivity index (χ2n) is 6.10. The quantitative estimate of drug-likeness (QED) is 0.318. The summed E-state index contributed by atoms with van der Waals surface area (Å²) in [5.41, 5.74) is 6.18. The van der Waals surface area contributed by atoms with Crippen molar-refractivity contribution in [2.75, 3.05) is 12.3 Å². The van der Waals surface area contributed by atoms with Crippen molar-refractivity contribution in [3.05, 3.63) is 69.8 Å². The smallest absolute Gasteiger partial charge is 0.338 e. The lowest BCUT2D eigenvalue weighted by molar-refractivity contribution is -0.383. The second-order valence-corrected chi connectivity index (χ2v) is 6.10. The molecule has 0 saturated heterocycles. The van der Waals surface area contributed by atoms with Crippen molar-refractivity contribution < 1.29 is 19.2 Å². The molecule has 0 heterocycles. The van der Waals surface area contributed by atoms with E-state index in [2.05, 4.69) is 5.32 Å². The fraction of sp³-hybridized carbons (Fsp3) is 0.263. The number of amides is 1. The molecule has 2 aromatic rings. The molecule has 0 saturated carbocycles. The zero-order valence-electron chi connectivity index (χ0n) is 14.9. The molecule has 1 atom stereocenters. The van der Waals surface area contributed by atoms with Gasteiger partial charge in [-0.05, 0) is 37.5 Å². The lowest BCUT2D eigenvalue weighted by atomic mass is 10.1. The first-order valence-corrected chi connectivity index (χ1v) is 8.41. The molecule has 0 spiro atoms. The van der Waals surface area contributed by atoms with Crippen molar-refractivity contribution in [2.24, 2.45) is 0 Å². The third kappa shape index (κ3) is 6.10. The van der Waals surface area contributed by atoms with Gasteiger partial charge in [-0.3, -0.25) is 14.9 Å². The van der Waals surface area contributed by atoms with Crippen LogP contribution in [0.4, 0.5) is 11.4 Å². The molecule has 0 unspecified atom stereocenters. The average molecular weight is 371 g/mol. The van der Waals surface area contributed by atoms with Crippen LogP contribution in [0.5, 0.6) is 0 Å². The van der Waals surface area contributed by atoms with Crippen molar-refractivity contribution in [3.8, 4) is 0 Å². The number of aryl methyl sites for hydroxylation is 1. The second kappa shape index (κ2) is 9.33. The molecule has 0 aliphatic rings. The van der Waals surface area contributed by atoms with E-state index in [1.807, 2.05) is 37.3 Å². The number of nitrogens with two attached hydrogens (primary N) is 1. The van der Waals surface area contributed by atoms with Gasteiger partial charge in [-0.25, -0.2) is 4.79 Å². The van der Waals surface area contributed by atoms with Crippen LogP contribution in [-0.2, 0) is 16.0 Å². The van der Waals surface area contributed by atoms with Crippen molar-refractivity contribution >= 4 is 23.3 Å². The third-order valence-electron chi connectivity index (χ3n) is 3.91. The van der Waals surface area contributed by atoms with Crippen LogP contribution in [0.1, 0.15) is 29.3 Å². The molecule has 0 fully saturated rings. The van der Waals surface area contributed by atoms with Gasteiger partial charge < -0.3 is 15.8 Å². The van der Waals surface area contributed by atoms with Crippen molar-refractivity contribution in [3.63, 3.8) is 0 Å². The van der Waals surface area contributed by atoms with Gasteiger partial charge in [0.05, 0.1) is 10.5 Å². The van der Waals surface area contributed by atoms with Gasteiger partial charge in [0.1, 0.15) is 5.69 Å². The molecule has 1 amide bonds. The van der Waals surface area contributed by atoms with Gasteiger partial charge in [0.15, 0.2) is 6.61 Å². The highest BCUT2D eigenvalue weighted by Crippen LogP contribution is 2.22. The fourth-order valence-corrected chi connectivity index (χ4v) is 2.46. The zero-order chi connectivity index (χ0) is 19.8. The van der Waals surface area contributed by atoms with Gasteiger partial charge in [-0.1, -0.05) is 30.3 Å². The number of nitro groups is 1. The molecule has 2 rings (SSSR count). The summed E-state index contributed by atoms with van der Waals surface area (Å²) in [4.78, 5) is 34.0. The van der Waals surface area contributed by atoms with E-state index >= 15 is 0 Å². The Hall–Kier alpha value is -3.42. The highest BCUT2D eigenvalue weighted by atomic mass is 16.6. The predicted octanol–water partition coefficient (Wildman–Crippen LogP) is 2.47. The molecule has 0 radical (unpaired) electrons. The number of rotatable bonds is 8. The van der Waals surface area contributed by atoms with E-state index in [4.69, 9.17) is 10.5 Å². The molecule has 0 bridgehead atoms. The van der Waals surface area contributed by atoms with E-state index in [-0.39, 0.29) is 23.0 Å². The number of nitro benzene ring substituents is 1. The van der Waals surface area contributed by atoms with Crippen LogP contribution in [0, 0.1) is 10.1 Å². The molecule has 142 valence electrons. The van der Waals surface area contributed by atoms with Gasteiger partial charge in [0, 0.05) is 12.1 Å². The summed E-state index contributed by atoms with van der Waals surface area (Å²) in [6.45, 7) is 1.40. The maximum Gasteiger partial charge on any atom is 0.338 e. The van der Waals surface area contributed by atoms with Crippen LogP contribution in [-0.4, -0.2) is 29.4 Å². The Morgan fingerprint density at radius 3 is 2.59 bits per heavy atom. The van der Waals surface area contributed by atoms with E-state index in [0.717, 1.165) is 18.9 Å². The number of carbonyl (C=O) groups is 2. The number of benzene rings is 2. The van der Waals surface area contributed by atoms with Gasteiger partial charge in [0.2, 0.25) is 0 Å². The normalized spacial score (nSPS) is 11.4. The molecule has 2 aromatic carbocycles. The Labute approximate surface area is 156 Å². The van der Waals surface area contributed by atoms with E-state index < -0.39 is 23.4 Å². The van der Waals surface area contributed by atoms with Gasteiger partial charge in [0.25, 0.3) is 11.6 Å². The maximum atomic E-state index is 12.0. The fourth-order valence-electron chi connectivity index (χ4n) is 2.46. The molecule has 8 heteroatoms. The third-order valence-corrected chi connectivity index (χ3v) is 3.91. The average Bonchev–Trinajstić information content (AvgIpc) is 2.65. The van der Waals surface area contributed by atoms with E-state index in [0.29, 0.717) is 0 Å². The summed E-state index contributed by atoms with van der Waals surface area (Å²) < 4.78 is 4.91. The molecule has 0 aliphatic carbocycles. The molecular formula is C19H21N3O5. The number of hydrogen-bond donors (Lipinski definition) is 2. The number of hydrogen-bond acceptors (Lipinski definition) is 6. The summed E-state index contributed by atoms with van der Waals surface area (Å²) in [7, 11) is 0. The largest absolute Gasteiger partial charge is 0.452 e. The highest BCUT2D eigenvalue weighted by Gasteiger charge is 2.17. The first-order valence-electron chi connectivity index (χ1n) is 8.41. The molecule has 27 heavy (non-hydrogen) atoms. The Kier molecular flexibility index (Phi) is 6.87. The molecule has 0 aliphatic heterocycles. The Morgan fingerprint density at radius 1 is 1.22 bits per heavy atom. The molecule has 3 N–H and O–H groups in total. The van der Waals surface area contributed by atoms with Crippen LogP contribution >= 0.6 is 0 Å². The van der Waals surface area contributed by atoms with Gasteiger partial charge >= 0.3 is 5.97 Å². The number of carbonyl (C=O) groups excluding carboxylic acids is 2. The zero-order valence-corrected chi connectivity index (χ0v) is 14.9. The summed E-state index contributed by atoms with van der Waals surface area (Å²) in [5.74, 6) is -1.26. The van der Waals surface area contributed by atoms with Crippen LogP contribution in [0.2, 0.25) is 0 Å². The summed E-state index contributed by atoms with van der Waals surface area (Å²) in [6.07, 6.45) is 1.56. The number of ether oxygens (including phenoxy) is 1. The highest BCUT2D eigenvalue weighted by molar-refractivity contribution is 5.92. The summed E-state index contributed by atoms with van der Waals surface area (Å²) >= 11 is 0. The first kappa shape index (κ1) is 19.9. The number of nitrogens with one attached hydrogen (secondary N) is 1. The minimum atomic E-state index is -0.829. The van der Waals surface area contributed by atoms with Gasteiger partial charge in [-0.15, -0.1) is 0 Å². The van der Waals surface area contributed by atoms with Crippen molar-refractivity contribution in [1.29, 1.82) is 0 Å². The Balaban J connectivity index is 1.80. The topological polar surface area (TPSA) is 125 Å². The summed E-state index contributed by atoms with van der Waals surface area (Å²) in [6, 6.07) is 13.4. The van der Waals surface area contributed by atoms with Crippen molar-refractivity contribution in [2.45, 2.75) is 25.8 Å². The number of esters is 1. The lowest BCUT2D eigenvalue weighted by Crippen LogP contribution is -2.36. The monoisotopic (exact) mass is 371 g/mol. The lowest BCUT2D eigenvalue weighted by Gasteiger charge is -2.14. The van der Waals surface area contributed by atoms with Crippen LogP contribution in [0.3, 0.4) is 0 Å². The molecular weight excluding hydrogens is 350 g/mol. The Morgan fingerprint density at radius 2 is 1.93 bits per heavy atom. The number of nitrogen functional groups attached to an aromatic ring is 1. The van der Waals surface area contributed by atoms with Crippen LogP contribution < -0.4 is 11.1 Å². The van der Waals surface area contributed by atoms with Crippen LogP contribution in [0.15, 0.2) is 48.5 Å². The minimum Gasteiger partial charge on any atom is -0.452 e. The summed E-state index contributed by atoms with van der Waals surface area (Å²) in [5, 5.41) is 13.6. The van der Waals surface area contributed by atoms with Crippen LogP contribution in [0.25, 0.3) is 0 Å². The first-order chi connectivity index (χ1) is 12.9. The van der Waals surface area contributed by atoms with Gasteiger partial charge in [-0.2, -0.15) is 0 Å². The predicted molar refractivity (Wildman–Crippen MR) is 100 cm³/mol. The van der Waals surface area contributed by atoms with E-state index in [1.165, 1.54) is 17.7 Å². The Bertz CT molecular complexity index is 823. The molecule has 8 nitrogen and oxygen atoms in total. The van der Waals surface area contributed by atoms with Crippen molar-refractivity contribution in [1.82, 2.24) is 5.32 Å². The molecule has 0 aromatic heterocycles. The maximum absolute atomic E-state index is 12.0.